The zero-order chi connectivity index (χ0) is 25.4. The first-order chi connectivity index (χ1) is 17.1. The van der Waals surface area contributed by atoms with Gasteiger partial charge in [0.15, 0.2) is 0 Å². The van der Waals surface area contributed by atoms with Gasteiger partial charge in [0.25, 0.3) is 0 Å². The standard InChI is InChI=1S/2C15H14N.2CH3.2ClH.H2Si.Zr/c2*1-11-8-13-10-12(2)16(15(13)9-11)14-6-4-3-5-7-14;;;;;;/h2*3-7,9-10,12H,1-2H3;2*1H3;2*1H;1H2;. The third-order valence-electron chi connectivity index (χ3n) is 8.41. The van der Waals surface area contributed by atoms with E-state index in [0.717, 1.165) is 0 Å². The number of halogens is 2. The number of rotatable bonds is 4. The summed E-state index contributed by atoms with van der Waals surface area (Å²) < 4.78 is 8.67. The maximum Gasteiger partial charge on any atom is -0.147 e. The van der Waals surface area contributed by atoms with Crippen LogP contribution < -0.4 is 9.80 Å². The number of benzene rings is 2. The average molecular weight is 641 g/mol. The number of hydrogen-bond donors (Lipinski definition) is 0. The normalized spacial score (nSPS) is 22.4. The number of nitrogens with zero attached hydrogens (tertiary/aromatic N) is 2. The van der Waals surface area contributed by atoms with Crippen molar-refractivity contribution in [3.05, 3.63) is 125 Å². The number of fused-ring (bicyclic) bond motifs is 2. The summed E-state index contributed by atoms with van der Waals surface area (Å²) in [6, 6.07) is 22.5. The molecular weight excluding hydrogens is 603 g/mol. The molecule has 6 heteroatoms. The molecule has 2 aromatic rings. The first-order valence-corrected chi connectivity index (χ1v) is 26.4. The van der Waals surface area contributed by atoms with Gasteiger partial charge in [-0.1, -0.05) is 0 Å². The van der Waals surface area contributed by atoms with E-state index in [2.05, 4.69) is 139 Å². The molecule has 2 heterocycles. The van der Waals surface area contributed by atoms with Gasteiger partial charge in [0, 0.05) is 0 Å². The Hall–Kier alpha value is -1.84. The Bertz CT molecular complexity index is 1440. The molecule has 0 aromatic heterocycles. The summed E-state index contributed by atoms with van der Waals surface area (Å²) in [5.41, 5.74) is 11.3. The van der Waals surface area contributed by atoms with Crippen LogP contribution in [0.25, 0.3) is 0 Å². The van der Waals surface area contributed by atoms with Crippen molar-refractivity contribution in [2.45, 2.75) is 49.0 Å². The van der Waals surface area contributed by atoms with Crippen LogP contribution in [0.15, 0.2) is 125 Å². The second-order valence-electron chi connectivity index (χ2n) is 11.9. The van der Waals surface area contributed by atoms with Crippen molar-refractivity contribution < 1.29 is 17.4 Å². The summed E-state index contributed by atoms with van der Waals surface area (Å²) >= 11 is -3.62. The van der Waals surface area contributed by atoms with E-state index in [4.69, 9.17) is 0 Å². The zero-order valence-electron chi connectivity index (χ0n) is 23.2. The van der Waals surface area contributed by atoms with Gasteiger partial charge in [-0.3, -0.25) is 0 Å². The van der Waals surface area contributed by atoms with Crippen LogP contribution in [0, 0.1) is 0 Å². The summed E-state index contributed by atoms with van der Waals surface area (Å²) in [5.74, 6) is 0. The molecule has 2 unspecified atom stereocenters. The van der Waals surface area contributed by atoms with E-state index in [9.17, 15) is 0 Å². The number of para-hydroxylation sites is 2. The minimum Gasteiger partial charge on any atom is -0.147 e. The molecule has 0 N–H and O–H groups in total. The van der Waals surface area contributed by atoms with Crippen LogP contribution in [-0.2, 0) is 17.4 Å². The molecule has 0 saturated carbocycles. The fourth-order valence-corrected chi connectivity index (χ4v) is 25.4. The van der Waals surface area contributed by atoms with E-state index in [0.29, 0.717) is 12.1 Å². The summed E-state index contributed by atoms with van der Waals surface area (Å²) in [6.45, 7) is 11.7. The van der Waals surface area contributed by atoms with Crippen molar-refractivity contribution in [2.24, 2.45) is 0 Å². The summed E-state index contributed by atoms with van der Waals surface area (Å²) in [7, 11) is 0. The van der Waals surface area contributed by atoms with Crippen LogP contribution in [0.1, 0.15) is 27.7 Å². The molecule has 0 spiro atoms. The molecule has 2 aliphatic heterocycles. The van der Waals surface area contributed by atoms with Crippen LogP contribution in [0.3, 0.4) is 0 Å². The Morgan fingerprint density at radius 2 is 0.974 bits per heavy atom. The maximum absolute atomic E-state index is 3.62. The Morgan fingerprint density at radius 1 is 0.632 bits per heavy atom. The molecule has 0 radical (unpaired) electrons. The molecule has 2 aliphatic carbocycles. The van der Waals surface area contributed by atoms with Crippen molar-refractivity contribution in [2.75, 3.05) is 9.80 Å². The Kier molecular flexibility index (Phi) is 7.65. The van der Waals surface area contributed by atoms with Gasteiger partial charge in [-0.05, 0) is 0 Å². The summed E-state index contributed by atoms with van der Waals surface area (Å²) in [4.78, 5) is 5.04. The SMILES string of the molecule is CC1=[C]([Zr]([CH3])([CH3])(=[SiH2])[C]2=C(C)C=C3C2=CC(C)N3c2ccccc2)C2=CC(C)N(c3ccccc3)C2=C1.Cl.Cl. The van der Waals surface area contributed by atoms with Crippen molar-refractivity contribution in [1.29, 1.82) is 0 Å². The van der Waals surface area contributed by atoms with Crippen LogP contribution in [-0.4, -0.2) is 19.0 Å². The predicted octanol–water partition coefficient (Wildman–Crippen LogP) is 8.18. The third-order valence-corrected chi connectivity index (χ3v) is 23.7. The minimum absolute atomic E-state index is 0. The fraction of sp³-hybridized carbons (Fsp3) is 0.250. The molecule has 4 aliphatic rings. The van der Waals surface area contributed by atoms with Crippen molar-refractivity contribution >= 4 is 43.1 Å². The van der Waals surface area contributed by atoms with Crippen LogP contribution >= 0.6 is 24.8 Å². The first-order valence-electron chi connectivity index (χ1n) is 13.1. The second kappa shape index (κ2) is 9.97. The number of hydrogen-bond acceptors (Lipinski definition) is 2. The van der Waals surface area contributed by atoms with Gasteiger partial charge in [-0.15, -0.1) is 24.8 Å². The zero-order valence-corrected chi connectivity index (χ0v) is 28.7. The van der Waals surface area contributed by atoms with E-state index in [-0.39, 0.29) is 24.8 Å². The van der Waals surface area contributed by atoms with Gasteiger partial charge >= 0.3 is 220 Å². The summed E-state index contributed by atoms with van der Waals surface area (Å²) in [5, 5.41) is 0. The van der Waals surface area contributed by atoms with Crippen molar-refractivity contribution in [1.82, 2.24) is 0 Å². The van der Waals surface area contributed by atoms with Gasteiger partial charge in [0.05, 0.1) is 0 Å². The van der Waals surface area contributed by atoms with Gasteiger partial charge in [-0.2, -0.15) is 0 Å². The predicted molar refractivity (Wildman–Crippen MR) is 169 cm³/mol. The van der Waals surface area contributed by atoms with Crippen molar-refractivity contribution in [3.8, 4) is 0 Å². The van der Waals surface area contributed by atoms with Crippen LogP contribution in [0.2, 0.25) is 9.26 Å². The van der Waals surface area contributed by atoms with Gasteiger partial charge in [-0.25, -0.2) is 0 Å². The average Bonchev–Trinajstić information content (AvgIpc) is 3.50. The second-order valence-corrected chi connectivity index (χ2v) is 40.1. The van der Waals surface area contributed by atoms with E-state index in [1.54, 1.807) is 6.56 Å². The molecule has 0 saturated heterocycles. The van der Waals surface area contributed by atoms with Crippen LogP contribution in [0.4, 0.5) is 11.4 Å². The molecule has 198 valence electrons. The van der Waals surface area contributed by atoms with E-state index in [1.165, 1.54) is 45.1 Å². The van der Waals surface area contributed by atoms with Gasteiger partial charge < -0.3 is 0 Å². The number of anilines is 2. The molecule has 2 aromatic carbocycles. The molecular formula is C32H38Cl2N2SiZr. The summed E-state index contributed by atoms with van der Waals surface area (Å²) in [6.07, 6.45) is 9.99. The number of allylic oxidation sites excluding steroid dienone is 6. The fourth-order valence-electron chi connectivity index (χ4n) is 7.38. The Balaban J connectivity index is 0.00000168. The molecule has 0 fully saturated rings. The monoisotopic (exact) mass is 638 g/mol. The topological polar surface area (TPSA) is 6.48 Å². The largest absolute Gasteiger partial charge is 0.147 e. The quantitative estimate of drug-likeness (QED) is 0.311. The van der Waals surface area contributed by atoms with Crippen LogP contribution in [0.5, 0.6) is 0 Å². The van der Waals surface area contributed by atoms with Crippen molar-refractivity contribution in [3.63, 3.8) is 0 Å². The maximum atomic E-state index is 2.67. The van der Waals surface area contributed by atoms with Gasteiger partial charge in [0.1, 0.15) is 0 Å². The Labute approximate surface area is 242 Å². The molecule has 0 bridgehead atoms. The molecule has 0 amide bonds. The van der Waals surface area contributed by atoms with Gasteiger partial charge in [0.2, 0.25) is 0 Å². The molecule has 2 nitrogen and oxygen atoms in total. The minimum atomic E-state index is -3.62. The first kappa shape index (κ1) is 29.2. The molecule has 6 rings (SSSR count). The Morgan fingerprint density at radius 3 is 1.32 bits per heavy atom. The molecule has 2 atom stereocenters. The van der Waals surface area contributed by atoms with E-state index in [1.807, 2.05) is 0 Å². The third kappa shape index (κ3) is 4.24. The van der Waals surface area contributed by atoms with E-state index >= 15 is 0 Å². The molecule has 38 heavy (non-hydrogen) atoms. The smallest absolute Gasteiger partial charge is 0.147 e. The van der Waals surface area contributed by atoms with E-state index < -0.39 is 17.4 Å².